The fourth-order valence-electron chi connectivity index (χ4n) is 2.38. The van der Waals surface area contributed by atoms with Gasteiger partial charge in [0.25, 0.3) is 5.91 Å². The van der Waals surface area contributed by atoms with Crippen LogP contribution in [0.15, 0.2) is 41.4 Å². The molecule has 0 spiro atoms. The molecule has 4 nitrogen and oxygen atoms in total. The molecular formula is C17H13Cl2FN2O2S. The number of hydrogen-bond acceptors (Lipinski definition) is 3. The Hall–Kier alpha value is -1.73. The van der Waals surface area contributed by atoms with Crippen molar-refractivity contribution in [2.24, 2.45) is 4.99 Å². The maximum atomic E-state index is 14.0. The van der Waals surface area contributed by atoms with Gasteiger partial charge in [-0.15, -0.1) is 0 Å². The molecule has 0 aliphatic heterocycles. The average Bonchev–Trinajstić information content (AvgIpc) is 2.88. The van der Waals surface area contributed by atoms with Crippen molar-refractivity contribution in [2.75, 3.05) is 13.7 Å². The zero-order chi connectivity index (χ0) is 18.0. The van der Waals surface area contributed by atoms with Gasteiger partial charge in [-0.1, -0.05) is 40.6 Å². The lowest BCUT2D eigenvalue weighted by atomic mass is 10.2. The first-order chi connectivity index (χ1) is 12.0. The smallest absolute Gasteiger partial charge is 0.284 e. The van der Waals surface area contributed by atoms with Crippen molar-refractivity contribution in [3.8, 4) is 0 Å². The number of amides is 1. The highest BCUT2D eigenvalue weighted by atomic mass is 35.5. The monoisotopic (exact) mass is 398 g/mol. The lowest BCUT2D eigenvalue weighted by Crippen LogP contribution is -2.19. The number of carbonyl (C=O) groups is 1. The number of ether oxygens (including phenoxy) is 1. The second-order valence-electron chi connectivity index (χ2n) is 5.15. The number of benzene rings is 2. The minimum atomic E-state index is -0.730. The van der Waals surface area contributed by atoms with Gasteiger partial charge in [-0.3, -0.25) is 4.79 Å². The molecule has 0 unspecified atom stereocenters. The first kappa shape index (κ1) is 18.1. The molecule has 0 aliphatic rings. The molecule has 25 heavy (non-hydrogen) atoms. The van der Waals surface area contributed by atoms with E-state index in [2.05, 4.69) is 4.99 Å². The van der Waals surface area contributed by atoms with Crippen molar-refractivity contribution in [1.82, 2.24) is 4.57 Å². The van der Waals surface area contributed by atoms with Gasteiger partial charge in [-0.05, 0) is 30.3 Å². The summed E-state index contributed by atoms with van der Waals surface area (Å²) in [6.07, 6.45) is 0. The van der Waals surface area contributed by atoms with Gasteiger partial charge in [-0.25, -0.2) is 4.39 Å². The van der Waals surface area contributed by atoms with Crippen molar-refractivity contribution >= 4 is 50.7 Å². The van der Waals surface area contributed by atoms with Gasteiger partial charge in [0.1, 0.15) is 5.82 Å². The number of methoxy groups -OCH3 is 1. The van der Waals surface area contributed by atoms with E-state index in [1.54, 1.807) is 19.2 Å². The lowest BCUT2D eigenvalue weighted by Gasteiger charge is -2.04. The summed E-state index contributed by atoms with van der Waals surface area (Å²) in [6, 6.07) is 9.48. The van der Waals surface area contributed by atoms with Gasteiger partial charge in [0.2, 0.25) is 0 Å². The predicted molar refractivity (Wildman–Crippen MR) is 98.0 cm³/mol. The van der Waals surface area contributed by atoms with Crippen LogP contribution in [0.2, 0.25) is 10.0 Å². The van der Waals surface area contributed by atoms with Crippen molar-refractivity contribution in [3.63, 3.8) is 0 Å². The van der Waals surface area contributed by atoms with Crippen molar-refractivity contribution in [3.05, 3.63) is 62.6 Å². The summed E-state index contributed by atoms with van der Waals surface area (Å²) in [5, 5.41) is 0.615. The Bertz CT molecular complexity index is 993. The highest BCUT2D eigenvalue weighted by Crippen LogP contribution is 2.23. The molecular weight excluding hydrogens is 386 g/mol. The third kappa shape index (κ3) is 3.77. The molecule has 1 aromatic heterocycles. The van der Waals surface area contributed by atoms with E-state index in [0.29, 0.717) is 23.0 Å². The number of carbonyl (C=O) groups excluding carboxylic acids is 1. The Morgan fingerprint density at radius 1 is 1.32 bits per heavy atom. The van der Waals surface area contributed by atoms with Crippen LogP contribution in [0.4, 0.5) is 4.39 Å². The zero-order valence-electron chi connectivity index (χ0n) is 13.1. The summed E-state index contributed by atoms with van der Waals surface area (Å²) < 4.78 is 21.8. The standard InChI is InChI=1S/C17H13Cl2FN2O2S/c1-24-8-7-22-13-6-5-10(18)9-14(13)25-17(22)21-16(23)15-11(19)3-2-4-12(15)20/h2-6,9H,7-8H2,1H3. The van der Waals surface area contributed by atoms with Gasteiger partial charge >= 0.3 is 0 Å². The Labute approximate surface area is 157 Å². The fourth-order valence-corrected chi connectivity index (χ4v) is 3.95. The highest BCUT2D eigenvalue weighted by molar-refractivity contribution is 7.16. The molecule has 0 radical (unpaired) electrons. The van der Waals surface area contributed by atoms with E-state index < -0.39 is 11.7 Å². The molecule has 130 valence electrons. The van der Waals surface area contributed by atoms with Crippen molar-refractivity contribution < 1.29 is 13.9 Å². The van der Waals surface area contributed by atoms with E-state index in [1.165, 1.54) is 29.5 Å². The summed E-state index contributed by atoms with van der Waals surface area (Å²) >= 11 is 13.3. The van der Waals surface area contributed by atoms with Crippen molar-refractivity contribution in [1.29, 1.82) is 0 Å². The molecule has 1 amide bonds. The lowest BCUT2D eigenvalue weighted by molar-refractivity contribution is 0.0993. The molecule has 8 heteroatoms. The second-order valence-corrected chi connectivity index (χ2v) is 7.01. The number of nitrogens with zero attached hydrogens (tertiary/aromatic N) is 2. The SMILES string of the molecule is COCCn1c(=NC(=O)c2c(F)cccc2Cl)sc2cc(Cl)ccc21. The Kier molecular flexibility index (Phi) is 5.54. The van der Waals surface area contributed by atoms with Crippen LogP contribution in [0, 0.1) is 5.82 Å². The van der Waals surface area contributed by atoms with Crippen LogP contribution >= 0.6 is 34.5 Å². The quantitative estimate of drug-likeness (QED) is 0.647. The molecule has 1 heterocycles. The van der Waals surface area contributed by atoms with Gasteiger partial charge in [0.15, 0.2) is 4.80 Å². The van der Waals surface area contributed by atoms with Crippen molar-refractivity contribution in [2.45, 2.75) is 6.54 Å². The van der Waals surface area contributed by atoms with E-state index in [4.69, 9.17) is 27.9 Å². The molecule has 2 aromatic carbocycles. The number of halogens is 3. The Morgan fingerprint density at radius 2 is 2.12 bits per heavy atom. The maximum Gasteiger partial charge on any atom is 0.284 e. The normalized spacial score (nSPS) is 12.1. The largest absolute Gasteiger partial charge is 0.383 e. The zero-order valence-corrected chi connectivity index (χ0v) is 15.5. The van der Waals surface area contributed by atoms with Crippen LogP contribution in [0.5, 0.6) is 0 Å². The van der Waals surface area contributed by atoms with Crippen LogP contribution in [0.1, 0.15) is 10.4 Å². The summed E-state index contributed by atoms with van der Waals surface area (Å²) in [5.74, 6) is -1.43. The predicted octanol–water partition coefficient (Wildman–Crippen LogP) is 4.54. The van der Waals surface area contributed by atoms with Crippen LogP contribution < -0.4 is 4.80 Å². The number of aromatic nitrogens is 1. The molecule has 0 aliphatic carbocycles. The highest BCUT2D eigenvalue weighted by Gasteiger charge is 2.16. The van der Waals surface area contributed by atoms with Gasteiger partial charge in [-0.2, -0.15) is 4.99 Å². The van der Waals surface area contributed by atoms with Crippen LogP contribution in [-0.2, 0) is 11.3 Å². The summed E-state index contributed by atoms with van der Waals surface area (Å²) in [6.45, 7) is 0.936. The molecule has 0 N–H and O–H groups in total. The third-order valence-electron chi connectivity index (χ3n) is 3.54. The Balaban J connectivity index is 2.16. The minimum absolute atomic E-state index is 0.0290. The van der Waals surface area contributed by atoms with E-state index in [0.717, 1.165) is 10.2 Å². The van der Waals surface area contributed by atoms with E-state index in [-0.39, 0.29) is 10.6 Å². The van der Waals surface area contributed by atoms with Crippen LogP contribution in [0.25, 0.3) is 10.2 Å². The maximum absolute atomic E-state index is 14.0. The number of hydrogen-bond donors (Lipinski definition) is 0. The number of fused-ring (bicyclic) bond motifs is 1. The molecule has 3 aromatic rings. The number of rotatable bonds is 4. The van der Waals surface area contributed by atoms with Crippen LogP contribution in [-0.4, -0.2) is 24.2 Å². The topological polar surface area (TPSA) is 43.6 Å². The first-order valence-electron chi connectivity index (χ1n) is 7.32. The van der Waals surface area contributed by atoms with E-state index in [1.807, 2.05) is 10.6 Å². The molecule has 0 saturated carbocycles. The van der Waals surface area contributed by atoms with Gasteiger partial charge < -0.3 is 9.30 Å². The van der Waals surface area contributed by atoms with Gasteiger partial charge in [0.05, 0.1) is 27.4 Å². The molecule has 0 saturated heterocycles. The van der Waals surface area contributed by atoms with E-state index in [9.17, 15) is 9.18 Å². The van der Waals surface area contributed by atoms with Crippen LogP contribution in [0.3, 0.4) is 0 Å². The summed E-state index contributed by atoms with van der Waals surface area (Å²) in [4.78, 5) is 17.0. The average molecular weight is 399 g/mol. The minimum Gasteiger partial charge on any atom is -0.383 e. The van der Waals surface area contributed by atoms with Gasteiger partial charge in [0, 0.05) is 18.7 Å². The third-order valence-corrected chi connectivity index (χ3v) is 5.13. The molecule has 0 fully saturated rings. The molecule has 3 rings (SSSR count). The number of thiazole rings is 1. The molecule has 0 bridgehead atoms. The summed E-state index contributed by atoms with van der Waals surface area (Å²) in [7, 11) is 1.59. The molecule has 0 atom stereocenters. The second kappa shape index (κ2) is 7.66. The Morgan fingerprint density at radius 3 is 2.84 bits per heavy atom. The van der Waals surface area contributed by atoms with E-state index >= 15 is 0 Å². The first-order valence-corrected chi connectivity index (χ1v) is 8.89. The summed E-state index contributed by atoms with van der Waals surface area (Å²) in [5.41, 5.74) is 0.635. The fraction of sp³-hybridized carbons (Fsp3) is 0.176.